The van der Waals surface area contributed by atoms with E-state index in [0.717, 1.165) is 29.6 Å². The first kappa shape index (κ1) is 27.0. The Morgan fingerprint density at radius 2 is 1.80 bits per heavy atom. The van der Waals surface area contributed by atoms with Crippen molar-refractivity contribution in [3.8, 4) is 0 Å². The molecule has 9 heteroatoms. The maximum absolute atomic E-state index is 13.1. The van der Waals surface area contributed by atoms with Gasteiger partial charge < -0.3 is 9.47 Å². The molecular weight excluding hydrogens is 490 g/mol. The first-order valence-corrected chi connectivity index (χ1v) is 13.5. The molecule has 0 unspecified atom stereocenters. The Hall–Kier alpha value is -2.58. The molecule has 0 aromatic heterocycles. The average molecular weight is 522 g/mol. The molecule has 190 valence electrons. The summed E-state index contributed by atoms with van der Waals surface area (Å²) < 4.78 is 38.1. The van der Waals surface area contributed by atoms with Crippen LogP contribution in [0.2, 0.25) is 5.02 Å². The Morgan fingerprint density at radius 1 is 1.11 bits per heavy atom. The summed E-state index contributed by atoms with van der Waals surface area (Å²) in [5, 5.41) is 0.0191. The van der Waals surface area contributed by atoms with Crippen molar-refractivity contribution < 1.29 is 27.5 Å². The molecule has 0 bridgehead atoms. The van der Waals surface area contributed by atoms with E-state index in [-0.39, 0.29) is 27.5 Å². The molecule has 2 aromatic rings. The molecule has 0 N–H and O–H groups in total. The molecule has 0 saturated heterocycles. The fraction of sp³-hybridized carbons (Fsp3) is 0.462. The zero-order valence-electron chi connectivity index (χ0n) is 20.4. The molecule has 2 aromatic carbocycles. The van der Waals surface area contributed by atoms with Gasteiger partial charge in [0.25, 0.3) is 10.0 Å². The minimum atomic E-state index is -3.96. The van der Waals surface area contributed by atoms with Gasteiger partial charge in [-0.2, -0.15) is 0 Å². The van der Waals surface area contributed by atoms with Gasteiger partial charge in [0.05, 0.1) is 21.2 Å². The highest BCUT2D eigenvalue weighted by Gasteiger charge is 2.33. The molecule has 35 heavy (non-hydrogen) atoms. The van der Waals surface area contributed by atoms with Crippen LogP contribution in [0.15, 0.2) is 53.4 Å². The number of rotatable bonds is 8. The minimum absolute atomic E-state index is 0.0191. The standard InChI is InChI=1S/C26H32ClNO6S/c1-17(2)21-12-10-18(3)14-24(21)34-25(29)16-33-26(30)22-15-20(11-13-23(22)27)35(31,32)28(4)19-8-6-5-7-9-19/h5-9,11,13,15,17-18,21,24H,10,12,14,16H2,1-4H3/t18-,21+,24+/m0/s1. The Bertz CT molecular complexity index is 1150. The van der Waals surface area contributed by atoms with Gasteiger partial charge in [-0.15, -0.1) is 0 Å². The number of halogens is 1. The van der Waals surface area contributed by atoms with Crippen LogP contribution in [0.25, 0.3) is 0 Å². The van der Waals surface area contributed by atoms with E-state index in [0.29, 0.717) is 17.5 Å². The van der Waals surface area contributed by atoms with Crippen molar-refractivity contribution in [1.82, 2.24) is 0 Å². The molecule has 3 atom stereocenters. The summed E-state index contributed by atoms with van der Waals surface area (Å²) >= 11 is 6.15. The van der Waals surface area contributed by atoms with Crippen LogP contribution >= 0.6 is 11.6 Å². The summed E-state index contributed by atoms with van der Waals surface area (Å²) in [6.45, 7) is 5.78. The molecule has 1 fully saturated rings. The van der Waals surface area contributed by atoms with E-state index in [1.807, 2.05) is 0 Å². The Kier molecular flexibility index (Phi) is 8.83. The summed E-state index contributed by atoms with van der Waals surface area (Å²) in [5.41, 5.74) is 0.319. The highest BCUT2D eigenvalue weighted by molar-refractivity contribution is 7.92. The first-order valence-electron chi connectivity index (χ1n) is 11.7. The normalized spacial score (nSPS) is 20.3. The maximum atomic E-state index is 13.1. The van der Waals surface area contributed by atoms with E-state index in [9.17, 15) is 18.0 Å². The van der Waals surface area contributed by atoms with E-state index < -0.39 is 28.6 Å². The molecule has 0 aliphatic heterocycles. The minimum Gasteiger partial charge on any atom is -0.460 e. The third-order valence-corrected chi connectivity index (χ3v) is 8.61. The van der Waals surface area contributed by atoms with E-state index >= 15 is 0 Å². The van der Waals surface area contributed by atoms with E-state index in [1.165, 1.54) is 19.2 Å². The van der Waals surface area contributed by atoms with Crippen LogP contribution in [-0.2, 0) is 24.3 Å². The largest absolute Gasteiger partial charge is 0.460 e. The van der Waals surface area contributed by atoms with Gasteiger partial charge in [-0.05, 0) is 60.9 Å². The molecule has 1 aliphatic carbocycles. The zero-order chi connectivity index (χ0) is 25.8. The van der Waals surface area contributed by atoms with Crippen LogP contribution < -0.4 is 4.31 Å². The number of sulfonamides is 1. The van der Waals surface area contributed by atoms with Crippen LogP contribution in [-0.4, -0.2) is 40.1 Å². The summed E-state index contributed by atoms with van der Waals surface area (Å²) in [7, 11) is -2.54. The fourth-order valence-corrected chi connectivity index (χ4v) is 5.83. The van der Waals surface area contributed by atoms with Gasteiger partial charge in [-0.25, -0.2) is 18.0 Å². The van der Waals surface area contributed by atoms with Crippen molar-refractivity contribution in [3.05, 3.63) is 59.1 Å². The third-order valence-electron chi connectivity index (χ3n) is 6.50. The molecule has 0 amide bonds. The number of anilines is 1. The van der Waals surface area contributed by atoms with Crippen LogP contribution in [0.5, 0.6) is 0 Å². The Labute approximate surface area is 212 Å². The molecule has 1 saturated carbocycles. The van der Waals surface area contributed by atoms with Gasteiger partial charge in [-0.3, -0.25) is 4.31 Å². The van der Waals surface area contributed by atoms with Gasteiger partial charge in [-0.1, -0.05) is 57.0 Å². The number of ether oxygens (including phenoxy) is 2. The second kappa shape index (κ2) is 11.4. The van der Waals surface area contributed by atoms with Crippen molar-refractivity contribution in [1.29, 1.82) is 0 Å². The SMILES string of the molecule is CC(C)[C@H]1CC[C@H](C)C[C@H]1OC(=O)COC(=O)c1cc(S(=O)(=O)N(C)c2ccccc2)ccc1Cl. The van der Waals surface area contributed by atoms with Crippen molar-refractivity contribution in [2.24, 2.45) is 17.8 Å². The number of benzene rings is 2. The van der Waals surface area contributed by atoms with Crippen molar-refractivity contribution in [3.63, 3.8) is 0 Å². The zero-order valence-corrected chi connectivity index (χ0v) is 22.0. The van der Waals surface area contributed by atoms with Crippen LogP contribution in [0.3, 0.4) is 0 Å². The van der Waals surface area contributed by atoms with Crippen molar-refractivity contribution in [2.45, 2.75) is 51.0 Å². The number of carbonyl (C=O) groups is 2. The van der Waals surface area contributed by atoms with Crippen molar-refractivity contribution >= 4 is 39.3 Å². The van der Waals surface area contributed by atoms with Crippen LogP contribution in [0, 0.1) is 17.8 Å². The second-order valence-electron chi connectivity index (χ2n) is 9.38. The predicted molar refractivity (Wildman–Crippen MR) is 135 cm³/mol. The maximum Gasteiger partial charge on any atom is 0.344 e. The summed E-state index contributed by atoms with van der Waals surface area (Å²) in [4.78, 5) is 25.0. The monoisotopic (exact) mass is 521 g/mol. The third kappa shape index (κ3) is 6.55. The van der Waals surface area contributed by atoms with Gasteiger partial charge in [0, 0.05) is 7.05 Å². The van der Waals surface area contributed by atoms with Gasteiger partial charge in [0.15, 0.2) is 6.61 Å². The number of nitrogens with zero attached hydrogens (tertiary/aromatic N) is 1. The van der Waals surface area contributed by atoms with E-state index in [4.69, 9.17) is 21.1 Å². The highest BCUT2D eigenvalue weighted by Crippen LogP contribution is 2.35. The molecule has 0 spiro atoms. The number of carbonyl (C=O) groups excluding carboxylic acids is 2. The molecule has 3 rings (SSSR count). The summed E-state index contributed by atoms with van der Waals surface area (Å²) in [5.74, 6) is -0.428. The average Bonchev–Trinajstić information content (AvgIpc) is 2.82. The lowest BCUT2D eigenvalue weighted by atomic mass is 9.75. The smallest absolute Gasteiger partial charge is 0.344 e. The van der Waals surface area contributed by atoms with Gasteiger partial charge in [0.2, 0.25) is 0 Å². The lowest BCUT2D eigenvalue weighted by molar-refractivity contribution is -0.159. The molecule has 0 radical (unpaired) electrons. The van der Waals surface area contributed by atoms with Crippen LogP contribution in [0.1, 0.15) is 50.4 Å². The quantitative estimate of drug-likeness (QED) is 0.436. The van der Waals surface area contributed by atoms with E-state index in [1.54, 1.807) is 30.3 Å². The number of hydrogen-bond acceptors (Lipinski definition) is 6. The van der Waals surface area contributed by atoms with Crippen molar-refractivity contribution in [2.75, 3.05) is 18.0 Å². The lowest BCUT2D eigenvalue weighted by Gasteiger charge is -2.36. The van der Waals surface area contributed by atoms with Gasteiger partial charge >= 0.3 is 11.9 Å². The Balaban J connectivity index is 1.68. The second-order valence-corrected chi connectivity index (χ2v) is 11.8. The number of para-hydroxylation sites is 1. The molecular formula is C26H32ClNO6S. The molecule has 7 nitrogen and oxygen atoms in total. The number of hydrogen-bond donors (Lipinski definition) is 0. The van der Waals surface area contributed by atoms with Gasteiger partial charge in [0.1, 0.15) is 6.10 Å². The first-order chi connectivity index (χ1) is 16.5. The fourth-order valence-electron chi connectivity index (χ4n) is 4.41. The Morgan fingerprint density at radius 3 is 2.46 bits per heavy atom. The summed E-state index contributed by atoms with van der Waals surface area (Å²) in [6, 6.07) is 12.3. The lowest BCUT2D eigenvalue weighted by Crippen LogP contribution is -2.36. The summed E-state index contributed by atoms with van der Waals surface area (Å²) in [6.07, 6.45) is 2.66. The highest BCUT2D eigenvalue weighted by atomic mass is 35.5. The molecule has 0 heterocycles. The molecule has 1 aliphatic rings. The predicted octanol–water partition coefficient (Wildman–Crippen LogP) is 5.33. The topological polar surface area (TPSA) is 90.0 Å². The number of esters is 2. The van der Waals surface area contributed by atoms with Crippen LogP contribution in [0.4, 0.5) is 5.69 Å². The van der Waals surface area contributed by atoms with E-state index in [2.05, 4.69) is 20.8 Å².